The molecule has 0 radical (unpaired) electrons. The molecule has 0 fully saturated rings. The molecule has 0 atom stereocenters. The minimum absolute atomic E-state index is 0.00562. The zero-order chi connectivity index (χ0) is 22.5. The van der Waals surface area contributed by atoms with E-state index in [2.05, 4.69) is 6.07 Å². The summed E-state index contributed by atoms with van der Waals surface area (Å²) in [6, 6.07) is 22.6. The molecule has 0 spiro atoms. The van der Waals surface area contributed by atoms with Crippen molar-refractivity contribution in [2.75, 3.05) is 16.6 Å². The highest BCUT2D eigenvalue weighted by atomic mass is 32.2. The van der Waals surface area contributed by atoms with E-state index in [0.29, 0.717) is 10.4 Å². The van der Waals surface area contributed by atoms with Crippen molar-refractivity contribution in [1.82, 2.24) is 0 Å². The van der Waals surface area contributed by atoms with E-state index in [4.69, 9.17) is 5.26 Å². The zero-order valence-corrected chi connectivity index (χ0v) is 19.0. The van der Waals surface area contributed by atoms with Crippen LogP contribution in [0.3, 0.4) is 0 Å². The molecule has 0 bridgehead atoms. The Balaban J connectivity index is 1.66. The van der Waals surface area contributed by atoms with Gasteiger partial charge in [0.1, 0.15) is 10.9 Å². The van der Waals surface area contributed by atoms with Gasteiger partial charge in [0.25, 0.3) is 10.0 Å². The number of benzene rings is 3. The van der Waals surface area contributed by atoms with Gasteiger partial charge in [-0.3, -0.25) is 4.31 Å². The molecule has 6 nitrogen and oxygen atoms in total. The van der Waals surface area contributed by atoms with Crippen LogP contribution < -0.4 is 4.31 Å². The van der Waals surface area contributed by atoms with Crippen LogP contribution in [0, 0.1) is 11.3 Å². The predicted molar refractivity (Wildman–Crippen MR) is 125 cm³/mol. The minimum atomic E-state index is -4.00. The highest BCUT2D eigenvalue weighted by Crippen LogP contribution is 2.39. The molecule has 1 aliphatic heterocycles. The van der Waals surface area contributed by atoms with E-state index in [-0.39, 0.29) is 27.8 Å². The van der Waals surface area contributed by atoms with Crippen LogP contribution in [0.4, 0.5) is 5.69 Å². The molecule has 4 aromatic rings. The SMILES string of the molecule is N#Cc1ccc(-c2ccc3c(c2)N(S(=O)(=O)c2ccc4ccccc4c2)CCS3(=O)=O)s1. The fourth-order valence-corrected chi connectivity index (χ4v) is 7.71. The first kappa shape index (κ1) is 20.7. The van der Waals surface area contributed by atoms with Gasteiger partial charge in [0.05, 0.1) is 21.2 Å². The lowest BCUT2D eigenvalue weighted by Gasteiger charge is -2.30. The van der Waals surface area contributed by atoms with Gasteiger partial charge >= 0.3 is 0 Å². The fourth-order valence-electron chi connectivity index (χ4n) is 3.82. The second kappa shape index (κ2) is 7.45. The molecule has 160 valence electrons. The molecule has 5 rings (SSSR count). The monoisotopic (exact) mass is 480 g/mol. The molecular formula is C23H16N2O4S3. The first-order valence-corrected chi connectivity index (χ1v) is 13.6. The number of nitriles is 1. The third-order valence-corrected chi connectivity index (χ3v) is 10.0. The highest BCUT2D eigenvalue weighted by Gasteiger charge is 2.36. The van der Waals surface area contributed by atoms with Gasteiger partial charge < -0.3 is 0 Å². The number of hydrogen-bond acceptors (Lipinski definition) is 6. The van der Waals surface area contributed by atoms with Crippen molar-refractivity contribution in [3.63, 3.8) is 0 Å². The van der Waals surface area contributed by atoms with Crippen LogP contribution in [0.2, 0.25) is 0 Å². The quantitative estimate of drug-likeness (QED) is 0.432. The van der Waals surface area contributed by atoms with Crippen molar-refractivity contribution >= 4 is 47.7 Å². The number of sulfone groups is 1. The first-order valence-electron chi connectivity index (χ1n) is 9.68. The summed E-state index contributed by atoms with van der Waals surface area (Å²) in [4.78, 5) is 1.38. The molecule has 0 N–H and O–H groups in total. The van der Waals surface area contributed by atoms with E-state index >= 15 is 0 Å². The van der Waals surface area contributed by atoms with Crippen molar-refractivity contribution < 1.29 is 16.8 Å². The van der Waals surface area contributed by atoms with Gasteiger partial charge in [-0.25, -0.2) is 16.8 Å². The second-order valence-corrected chi connectivity index (χ2v) is 12.4. The average Bonchev–Trinajstić information content (AvgIpc) is 3.27. The maximum atomic E-state index is 13.6. The van der Waals surface area contributed by atoms with Crippen molar-refractivity contribution in [2.45, 2.75) is 9.79 Å². The summed E-state index contributed by atoms with van der Waals surface area (Å²) in [5.41, 5.74) is 0.792. The third-order valence-electron chi connectivity index (χ3n) is 5.44. The zero-order valence-electron chi connectivity index (χ0n) is 16.6. The molecular weight excluding hydrogens is 464 g/mol. The summed E-state index contributed by atoms with van der Waals surface area (Å²) in [6.45, 7) is -0.165. The Morgan fingerprint density at radius 1 is 0.938 bits per heavy atom. The van der Waals surface area contributed by atoms with Crippen LogP contribution in [-0.4, -0.2) is 29.1 Å². The molecule has 0 amide bonds. The number of sulfonamides is 1. The van der Waals surface area contributed by atoms with Crippen molar-refractivity contribution in [3.8, 4) is 16.5 Å². The summed E-state index contributed by atoms with van der Waals surface area (Å²) < 4.78 is 53.7. The second-order valence-electron chi connectivity index (χ2n) is 7.36. The molecule has 1 aliphatic rings. The lowest BCUT2D eigenvalue weighted by Crippen LogP contribution is -2.39. The first-order chi connectivity index (χ1) is 15.3. The van der Waals surface area contributed by atoms with Crippen LogP contribution >= 0.6 is 11.3 Å². The predicted octanol–water partition coefficient (Wildman–Crippen LogP) is 4.42. The number of rotatable bonds is 3. The van der Waals surface area contributed by atoms with E-state index in [0.717, 1.165) is 15.6 Å². The highest BCUT2D eigenvalue weighted by molar-refractivity contribution is 7.94. The molecule has 32 heavy (non-hydrogen) atoms. The smallest absolute Gasteiger partial charge is 0.264 e. The summed E-state index contributed by atoms with van der Waals surface area (Å²) in [7, 11) is -7.60. The van der Waals surface area contributed by atoms with Gasteiger partial charge in [-0.2, -0.15) is 5.26 Å². The van der Waals surface area contributed by atoms with Crippen LogP contribution in [0.25, 0.3) is 21.2 Å². The van der Waals surface area contributed by atoms with Crippen molar-refractivity contribution in [2.24, 2.45) is 0 Å². The normalized spacial score (nSPS) is 15.3. The Bertz CT molecular complexity index is 1630. The summed E-state index contributed by atoms with van der Waals surface area (Å²) >= 11 is 1.26. The lowest BCUT2D eigenvalue weighted by molar-refractivity contribution is 0.584. The van der Waals surface area contributed by atoms with E-state index in [1.54, 1.807) is 42.5 Å². The van der Waals surface area contributed by atoms with E-state index in [1.807, 2.05) is 24.3 Å². The number of thiophene rings is 1. The topological polar surface area (TPSA) is 95.3 Å². The number of anilines is 1. The Kier molecular flexibility index (Phi) is 4.82. The van der Waals surface area contributed by atoms with Crippen LogP contribution in [0.1, 0.15) is 4.88 Å². The molecule has 3 aromatic carbocycles. The number of hydrogen-bond donors (Lipinski definition) is 0. The Labute approximate surface area is 189 Å². The number of fused-ring (bicyclic) bond motifs is 2. The summed E-state index contributed by atoms with van der Waals surface area (Å²) in [5, 5.41) is 10.8. The van der Waals surface area contributed by atoms with Crippen LogP contribution in [0.5, 0.6) is 0 Å². The summed E-state index contributed by atoms with van der Waals surface area (Å²) in [5.74, 6) is -0.288. The fraction of sp³-hybridized carbons (Fsp3) is 0.0870. The standard InChI is InChI=1S/C23H16N2O4S3/c24-15-19-7-9-22(30-19)18-6-10-23-21(14-18)25(11-12-31(23,26)27)32(28,29)20-8-5-16-3-1-2-4-17(16)13-20/h1-10,13-14H,11-12H2. The van der Waals surface area contributed by atoms with Gasteiger partial charge in [0, 0.05) is 11.4 Å². The molecule has 0 saturated carbocycles. The van der Waals surface area contributed by atoms with Gasteiger partial charge in [0.15, 0.2) is 9.84 Å². The van der Waals surface area contributed by atoms with Crippen LogP contribution in [-0.2, 0) is 19.9 Å². The molecule has 0 saturated heterocycles. The van der Waals surface area contributed by atoms with Gasteiger partial charge in [-0.15, -0.1) is 11.3 Å². The van der Waals surface area contributed by atoms with Crippen LogP contribution in [0.15, 0.2) is 82.6 Å². The Hall–Kier alpha value is -3.19. The molecule has 1 aromatic heterocycles. The third kappa shape index (κ3) is 3.37. The van der Waals surface area contributed by atoms with Gasteiger partial charge in [-0.05, 0) is 52.7 Å². The van der Waals surface area contributed by atoms with E-state index < -0.39 is 19.9 Å². The van der Waals surface area contributed by atoms with Crippen molar-refractivity contribution in [1.29, 1.82) is 5.26 Å². The van der Waals surface area contributed by atoms with E-state index in [1.165, 1.54) is 21.7 Å². The van der Waals surface area contributed by atoms with E-state index in [9.17, 15) is 16.8 Å². The van der Waals surface area contributed by atoms with Crippen molar-refractivity contribution in [3.05, 3.63) is 77.7 Å². The van der Waals surface area contributed by atoms with Gasteiger partial charge in [0.2, 0.25) is 0 Å². The molecule has 9 heteroatoms. The minimum Gasteiger partial charge on any atom is -0.264 e. The Morgan fingerprint density at radius 3 is 2.47 bits per heavy atom. The molecule has 0 aliphatic carbocycles. The molecule has 0 unspecified atom stereocenters. The Morgan fingerprint density at radius 2 is 1.72 bits per heavy atom. The largest absolute Gasteiger partial charge is 0.264 e. The number of nitrogens with zero attached hydrogens (tertiary/aromatic N) is 2. The maximum absolute atomic E-state index is 13.6. The maximum Gasteiger partial charge on any atom is 0.264 e. The van der Waals surface area contributed by atoms with Gasteiger partial charge in [-0.1, -0.05) is 36.4 Å². The summed E-state index contributed by atoms with van der Waals surface area (Å²) in [6.07, 6.45) is 0. The average molecular weight is 481 g/mol. The molecule has 2 heterocycles. The lowest BCUT2D eigenvalue weighted by atomic mass is 10.1.